The lowest BCUT2D eigenvalue weighted by Gasteiger charge is -2.24. The van der Waals surface area contributed by atoms with Gasteiger partial charge in [-0.25, -0.2) is 0 Å². The highest BCUT2D eigenvalue weighted by Crippen LogP contribution is 2.23. The fourth-order valence-corrected chi connectivity index (χ4v) is 2.28. The number of likely N-dealkylation sites (tertiary alicyclic amines) is 1. The van der Waals surface area contributed by atoms with Gasteiger partial charge in [0.25, 0.3) is 5.91 Å². The average Bonchev–Trinajstić information content (AvgIpc) is 2.77. The maximum absolute atomic E-state index is 12.3. The van der Waals surface area contributed by atoms with E-state index < -0.39 is 0 Å². The van der Waals surface area contributed by atoms with Crippen LogP contribution in [0, 0.1) is 0 Å². The van der Waals surface area contributed by atoms with Gasteiger partial charge in [-0.1, -0.05) is 6.92 Å². The van der Waals surface area contributed by atoms with Crippen molar-refractivity contribution >= 4 is 11.6 Å². The largest absolute Gasteiger partial charge is 0.397 e. The molecule has 1 saturated heterocycles. The number of pyridine rings is 1. The van der Waals surface area contributed by atoms with Gasteiger partial charge in [0, 0.05) is 18.8 Å². The molecule has 16 heavy (non-hydrogen) atoms. The predicted molar refractivity (Wildman–Crippen MR) is 63.0 cm³/mol. The fourth-order valence-electron chi connectivity index (χ4n) is 2.28. The Balaban J connectivity index is 2.22. The zero-order valence-electron chi connectivity index (χ0n) is 9.52. The number of nitrogens with two attached hydrogens (primary N) is 1. The molecule has 0 aromatic carbocycles. The van der Waals surface area contributed by atoms with Gasteiger partial charge in [-0.05, 0) is 25.3 Å². The lowest BCUT2D eigenvalue weighted by molar-refractivity contribution is 0.0734. The van der Waals surface area contributed by atoms with E-state index in [1.165, 1.54) is 6.20 Å². The van der Waals surface area contributed by atoms with Crippen LogP contribution >= 0.6 is 0 Å². The monoisotopic (exact) mass is 219 g/mol. The van der Waals surface area contributed by atoms with E-state index in [1.54, 1.807) is 12.3 Å². The van der Waals surface area contributed by atoms with Crippen LogP contribution in [0.1, 0.15) is 36.5 Å². The smallest absolute Gasteiger partial charge is 0.256 e. The van der Waals surface area contributed by atoms with Gasteiger partial charge < -0.3 is 10.6 Å². The molecule has 1 atom stereocenters. The molecule has 1 amide bonds. The predicted octanol–water partition coefficient (Wildman–Crippen LogP) is 1.68. The highest BCUT2D eigenvalue weighted by molar-refractivity contribution is 5.99. The molecule has 1 aliphatic heterocycles. The summed E-state index contributed by atoms with van der Waals surface area (Å²) in [5.41, 5.74) is 6.81. The van der Waals surface area contributed by atoms with Gasteiger partial charge in [-0.15, -0.1) is 0 Å². The molecule has 1 aromatic heterocycles. The normalized spacial score (nSPS) is 20.1. The molecule has 2 N–H and O–H groups in total. The maximum atomic E-state index is 12.3. The lowest BCUT2D eigenvalue weighted by atomic mass is 10.1. The van der Waals surface area contributed by atoms with Crippen molar-refractivity contribution in [3.05, 3.63) is 24.0 Å². The highest BCUT2D eigenvalue weighted by Gasteiger charge is 2.28. The van der Waals surface area contributed by atoms with Crippen LogP contribution in [0.2, 0.25) is 0 Å². The van der Waals surface area contributed by atoms with Gasteiger partial charge in [0.1, 0.15) is 0 Å². The molecular formula is C12H17N3O. The first-order chi connectivity index (χ1) is 7.74. The minimum absolute atomic E-state index is 0.0456. The Morgan fingerprint density at radius 3 is 3.19 bits per heavy atom. The third-order valence-corrected chi connectivity index (χ3v) is 3.19. The van der Waals surface area contributed by atoms with Crippen molar-refractivity contribution in [1.29, 1.82) is 0 Å². The number of hydrogen-bond acceptors (Lipinski definition) is 3. The number of aromatic nitrogens is 1. The minimum atomic E-state index is 0.0456. The van der Waals surface area contributed by atoms with Gasteiger partial charge in [0.2, 0.25) is 0 Å². The molecule has 4 nitrogen and oxygen atoms in total. The van der Waals surface area contributed by atoms with E-state index in [1.807, 2.05) is 4.90 Å². The molecule has 2 rings (SSSR count). The third kappa shape index (κ3) is 1.87. The molecular weight excluding hydrogens is 202 g/mol. The van der Waals surface area contributed by atoms with Gasteiger partial charge in [0.05, 0.1) is 17.4 Å². The quantitative estimate of drug-likeness (QED) is 0.823. The first-order valence-electron chi connectivity index (χ1n) is 5.74. The summed E-state index contributed by atoms with van der Waals surface area (Å²) in [5, 5.41) is 0. The molecule has 0 spiro atoms. The molecule has 1 unspecified atom stereocenters. The van der Waals surface area contributed by atoms with Gasteiger partial charge in [0.15, 0.2) is 0 Å². The zero-order valence-corrected chi connectivity index (χ0v) is 9.52. The SMILES string of the molecule is CCC1CCCN1C(=O)c1ccncc1N. The lowest BCUT2D eigenvalue weighted by Crippen LogP contribution is -2.35. The maximum Gasteiger partial charge on any atom is 0.256 e. The van der Waals surface area contributed by atoms with Crippen molar-refractivity contribution in [3.63, 3.8) is 0 Å². The van der Waals surface area contributed by atoms with Crippen LogP contribution in [0.3, 0.4) is 0 Å². The van der Waals surface area contributed by atoms with Crippen LogP contribution in [0.15, 0.2) is 18.5 Å². The number of anilines is 1. The van der Waals surface area contributed by atoms with E-state index in [-0.39, 0.29) is 5.91 Å². The number of amides is 1. The number of rotatable bonds is 2. The van der Waals surface area contributed by atoms with Crippen molar-refractivity contribution in [3.8, 4) is 0 Å². The number of carbonyl (C=O) groups is 1. The van der Waals surface area contributed by atoms with E-state index in [9.17, 15) is 4.79 Å². The Hall–Kier alpha value is -1.58. The van der Waals surface area contributed by atoms with Crippen LogP contribution in [-0.4, -0.2) is 28.4 Å². The Labute approximate surface area is 95.5 Å². The van der Waals surface area contributed by atoms with E-state index >= 15 is 0 Å². The second-order valence-electron chi connectivity index (χ2n) is 4.17. The average molecular weight is 219 g/mol. The minimum Gasteiger partial charge on any atom is -0.397 e. The van der Waals surface area contributed by atoms with Crippen LogP contribution in [0.4, 0.5) is 5.69 Å². The van der Waals surface area contributed by atoms with Gasteiger partial charge in [-0.3, -0.25) is 9.78 Å². The van der Waals surface area contributed by atoms with Gasteiger partial charge in [-0.2, -0.15) is 0 Å². The fraction of sp³-hybridized carbons (Fsp3) is 0.500. The summed E-state index contributed by atoms with van der Waals surface area (Å²) in [7, 11) is 0. The summed E-state index contributed by atoms with van der Waals surface area (Å²) in [6, 6.07) is 2.07. The molecule has 2 heterocycles. The Kier molecular flexibility index (Phi) is 3.08. The Morgan fingerprint density at radius 1 is 1.69 bits per heavy atom. The molecule has 1 aliphatic rings. The van der Waals surface area contributed by atoms with Crippen LogP contribution < -0.4 is 5.73 Å². The van der Waals surface area contributed by atoms with E-state index in [0.717, 1.165) is 25.8 Å². The summed E-state index contributed by atoms with van der Waals surface area (Å²) in [6.45, 7) is 2.96. The van der Waals surface area contributed by atoms with E-state index in [4.69, 9.17) is 5.73 Å². The topological polar surface area (TPSA) is 59.2 Å². The molecule has 1 fully saturated rings. The van der Waals surface area contributed by atoms with Crippen molar-refractivity contribution in [1.82, 2.24) is 9.88 Å². The standard InChI is InChI=1S/C12H17N3O/c1-2-9-4-3-7-15(9)12(16)10-5-6-14-8-11(10)13/h5-6,8-9H,2-4,7,13H2,1H3. The van der Waals surface area contributed by atoms with Crippen LogP contribution in [0.5, 0.6) is 0 Å². The van der Waals surface area contributed by atoms with Gasteiger partial charge >= 0.3 is 0 Å². The number of hydrogen-bond donors (Lipinski definition) is 1. The number of carbonyl (C=O) groups excluding carboxylic acids is 1. The van der Waals surface area contributed by atoms with E-state index in [2.05, 4.69) is 11.9 Å². The summed E-state index contributed by atoms with van der Waals surface area (Å²) >= 11 is 0. The number of nitrogens with zero attached hydrogens (tertiary/aromatic N) is 2. The van der Waals surface area contributed by atoms with Crippen molar-refractivity contribution in [2.75, 3.05) is 12.3 Å². The van der Waals surface area contributed by atoms with Crippen LogP contribution in [0.25, 0.3) is 0 Å². The summed E-state index contributed by atoms with van der Waals surface area (Å²) in [5.74, 6) is 0.0456. The van der Waals surface area contributed by atoms with E-state index in [0.29, 0.717) is 17.3 Å². The third-order valence-electron chi connectivity index (χ3n) is 3.19. The highest BCUT2D eigenvalue weighted by atomic mass is 16.2. The summed E-state index contributed by atoms with van der Waals surface area (Å²) < 4.78 is 0. The van der Waals surface area contributed by atoms with Crippen LogP contribution in [-0.2, 0) is 0 Å². The molecule has 4 heteroatoms. The van der Waals surface area contributed by atoms with Crippen molar-refractivity contribution < 1.29 is 4.79 Å². The second kappa shape index (κ2) is 4.51. The van der Waals surface area contributed by atoms with Crippen molar-refractivity contribution in [2.45, 2.75) is 32.2 Å². The van der Waals surface area contributed by atoms with Crippen molar-refractivity contribution in [2.24, 2.45) is 0 Å². The summed E-state index contributed by atoms with van der Waals surface area (Å²) in [6.07, 6.45) is 6.35. The first kappa shape index (κ1) is 10.9. The second-order valence-corrected chi connectivity index (χ2v) is 4.17. The molecule has 86 valence electrons. The Morgan fingerprint density at radius 2 is 2.50 bits per heavy atom. The molecule has 1 aromatic rings. The molecule has 0 saturated carbocycles. The molecule has 0 aliphatic carbocycles. The Bertz CT molecular complexity index is 392. The molecule has 0 radical (unpaired) electrons. The first-order valence-corrected chi connectivity index (χ1v) is 5.74. The zero-order chi connectivity index (χ0) is 11.5. The molecule has 0 bridgehead atoms. The number of nitrogen functional groups attached to an aromatic ring is 1. The summed E-state index contributed by atoms with van der Waals surface area (Å²) in [4.78, 5) is 18.1.